The zero-order valence-corrected chi connectivity index (χ0v) is 24.1. The summed E-state index contributed by atoms with van der Waals surface area (Å²) in [7, 11) is -4.22. The predicted octanol–water partition coefficient (Wildman–Crippen LogP) is 5.46. The molecule has 1 atom stereocenters. The molecule has 0 aliphatic heterocycles. The molecule has 0 aromatic heterocycles. The molecular formula is C30H33ClFN3O4S. The third-order valence-electron chi connectivity index (χ3n) is 7.29. The van der Waals surface area contributed by atoms with Crippen LogP contribution in [0, 0.1) is 12.7 Å². The van der Waals surface area contributed by atoms with E-state index in [2.05, 4.69) is 5.32 Å². The second-order valence-electron chi connectivity index (χ2n) is 9.99. The monoisotopic (exact) mass is 585 g/mol. The molecule has 212 valence electrons. The van der Waals surface area contributed by atoms with Crippen LogP contribution in [0.2, 0.25) is 5.02 Å². The van der Waals surface area contributed by atoms with Gasteiger partial charge >= 0.3 is 0 Å². The summed E-state index contributed by atoms with van der Waals surface area (Å²) in [5.41, 5.74) is 0.926. The van der Waals surface area contributed by atoms with Crippen molar-refractivity contribution in [3.05, 3.63) is 94.8 Å². The molecule has 3 aromatic carbocycles. The summed E-state index contributed by atoms with van der Waals surface area (Å²) in [6.45, 7) is 2.42. The minimum Gasteiger partial charge on any atom is -0.352 e. The van der Waals surface area contributed by atoms with Crippen LogP contribution in [0.1, 0.15) is 43.7 Å². The van der Waals surface area contributed by atoms with Gasteiger partial charge in [-0.1, -0.05) is 66.9 Å². The van der Waals surface area contributed by atoms with Gasteiger partial charge in [0.15, 0.2) is 0 Å². The van der Waals surface area contributed by atoms with Crippen LogP contribution >= 0.6 is 11.6 Å². The third-order valence-corrected chi connectivity index (χ3v) is 9.47. The fourth-order valence-corrected chi connectivity index (χ4v) is 6.55. The molecule has 1 saturated carbocycles. The Kier molecular flexibility index (Phi) is 9.48. The summed E-state index contributed by atoms with van der Waals surface area (Å²) in [6.07, 6.45) is 3.75. The minimum atomic E-state index is -4.22. The Hall–Kier alpha value is -3.43. The first kappa shape index (κ1) is 29.6. The molecule has 3 aromatic rings. The number of nitrogens with zero attached hydrogens (tertiary/aromatic N) is 2. The van der Waals surface area contributed by atoms with E-state index in [0.29, 0.717) is 10.6 Å². The van der Waals surface area contributed by atoms with Gasteiger partial charge in [0.2, 0.25) is 11.8 Å². The van der Waals surface area contributed by atoms with Crippen LogP contribution in [0.15, 0.2) is 77.7 Å². The molecule has 1 fully saturated rings. The van der Waals surface area contributed by atoms with E-state index in [9.17, 15) is 22.4 Å². The maximum Gasteiger partial charge on any atom is 0.264 e. The van der Waals surface area contributed by atoms with Gasteiger partial charge in [-0.05, 0) is 62.6 Å². The van der Waals surface area contributed by atoms with Crippen LogP contribution in [-0.4, -0.2) is 43.8 Å². The number of carbonyl (C=O) groups is 2. The first-order valence-electron chi connectivity index (χ1n) is 13.3. The van der Waals surface area contributed by atoms with Gasteiger partial charge in [0.05, 0.1) is 10.6 Å². The van der Waals surface area contributed by atoms with Gasteiger partial charge in [-0.25, -0.2) is 12.8 Å². The van der Waals surface area contributed by atoms with Crippen LogP contribution in [0.5, 0.6) is 0 Å². The SMILES string of the molecule is Cc1c(Cl)cccc1N(CC(=O)N(Cc1ccccc1F)[C@@H](C)C(=O)NC1CCCC1)S(=O)(=O)c1ccccc1. The molecule has 1 aliphatic rings. The third kappa shape index (κ3) is 6.64. The molecule has 4 rings (SSSR count). The van der Waals surface area contributed by atoms with Crippen LogP contribution in [-0.2, 0) is 26.2 Å². The highest BCUT2D eigenvalue weighted by atomic mass is 35.5. The number of amides is 2. The lowest BCUT2D eigenvalue weighted by atomic mass is 10.1. The molecule has 2 amide bonds. The van der Waals surface area contributed by atoms with Crippen LogP contribution in [0.3, 0.4) is 0 Å². The van der Waals surface area contributed by atoms with Crippen molar-refractivity contribution in [3.63, 3.8) is 0 Å². The van der Waals surface area contributed by atoms with E-state index in [1.165, 1.54) is 35.2 Å². The number of nitrogens with one attached hydrogen (secondary N) is 1. The zero-order chi connectivity index (χ0) is 28.9. The Morgan fingerprint density at radius 2 is 1.65 bits per heavy atom. The van der Waals surface area contributed by atoms with Crippen molar-refractivity contribution in [1.29, 1.82) is 0 Å². The van der Waals surface area contributed by atoms with E-state index in [4.69, 9.17) is 11.6 Å². The van der Waals surface area contributed by atoms with Gasteiger partial charge in [-0.2, -0.15) is 0 Å². The molecule has 40 heavy (non-hydrogen) atoms. The van der Waals surface area contributed by atoms with E-state index in [1.54, 1.807) is 56.3 Å². The highest BCUT2D eigenvalue weighted by molar-refractivity contribution is 7.92. The van der Waals surface area contributed by atoms with Gasteiger partial charge in [0.25, 0.3) is 10.0 Å². The lowest BCUT2D eigenvalue weighted by molar-refractivity contribution is -0.139. The number of sulfonamides is 1. The summed E-state index contributed by atoms with van der Waals surface area (Å²) in [6, 6.07) is 17.6. The zero-order valence-electron chi connectivity index (χ0n) is 22.5. The van der Waals surface area contributed by atoms with Crippen molar-refractivity contribution >= 4 is 39.1 Å². The number of rotatable bonds is 10. The van der Waals surface area contributed by atoms with Gasteiger partial charge in [-0.3, -0.25) is 13.9 Å². The van der Waals surface area contributed by atoms with Crippen molar-refractivity contribution in [2.75, 3.05) is 10.8 Å². The van der Waals surface area contributed by atoms with Crippen molar-refractivity contribution < 1.29 is 22.4 Å². The standard InChI is InChI=1S/C30H33ClFN3O4S/c1-21-26(31)16-10-18-28(21)35(40(38,39)25-14-4-3-5-15-25)20-29(36)34(19-23-11-6-9-17-27(23)32)22(2)30(37)33-24-12-7-8-13-24/h3-6,9-11,14-18,22,24H,7-8,12-13,19-20H2,1-2H3,(H,33,37)/t22-/m0/s1. The summed E-state index contributed by atoms with van der Waals surface area (Å²) >= 11 is 6.34. The predicted molar refractivity (Wildman–Crippen MR) is 154 cm³/mol. The lowest BCUT2D eigenvalue weighted by Gasteiger charge is -2.33. The van der Waals surface area contributed by atoms with E-state index < -0.39 is 34.3 Å². The average molecular weight is 586 g/mol. The quantitative estimate of drug-likeness (QED) is 0.342. The molecule has 1 N–H and O–H groups in total. The average Bonchev–Trinajstić information content (AvgIpc) is 3.46. The highest BCUT2D eigenvalue weighted by Gasteiger charge is 2.34. The van der Waals surface area contributed by atoms with Crippen LogP contribution in [0.25, 0.3) is 0 Å². The maximum absolute atomic E-state index is 14.7. The number of hydrogen-bond acceptors (Lipinski definition) is 4. The topological polar surface area (TPSA) is 86.8 Å². The molecule has 0 unspecified atom stereocenters. The summed E-state index contributed by atoms with van der Waals surface area (Å²) < 4.78 is 43.4. The van der Waals surface area contributed by atoms with E-state index >= 15 is 0 Å². The normalized spacial score (nSPS) is 14.5. The molecule has 10 heteroatoms. The number of carbonyl (C=O) groups excluding carboxylic acids is 2. The summed E-state index contributed by atoms with van der Waals surface area (Å²) in [4.78, 5) is 28.5. The molecular weight excluding hydrogens is 553 g/mol. The Bertz CT molecular complexity index is 1460. The summed E-state index contributed by atoms with van der Waals surface area (Å²) in [5.74, 6) is -1.55. The van der Waals surface area contributed by atoms with Crippen molar-refractivity contribution in [2.45, 2.75) is 63.1 Å². The Balaban J connectivity index is 1.72. The number of hydrogen-bond donors (Lipinski definition) is 1. The fraction of sp³-hybridized carbons (Fsp3) is 0.333. The highest BCUT2D eigenvalue weighted by Crippen LogP contribution is 2.31. The van der Waals surface area contributed by atoms with Gasteiger partial charge in [-0.15, -0.1) is 0 Å². The Labute approximate surface area is 240 Å². The molecule has 7 nitrogen and oxygen atoms in total. The molecule has 0 heterocycles. The Morgan fingerprint density at radius 1 is 1.00 bits per heavy atom. The second kappa shape index (κ2) is 12.8. The smallest absolute Gasteiger partial charge is 0.264 e. The van der Waals surface area contributed by atoms with E-state index in [0.717, 1.165) is 30.0 Å². The minimum absolute atomic E-state index is 0.00476. The second-order valence-corrected chi connectivity index (χ2v) is 12.3. The number of halogens is 2. The maximum atomic E-state index is 14.7. The fourth-order valence-electron chi connectivity index (χ4n) is 4.88. The number of anilines is 1. The van der Waals surface area contributed by atoms with Gasteiger partial charge < -0.3 is 10.2 Å². The van der Waals surface area contributed by atoms with Crippen molar-refractivity contribution in [3.8, 4) is 0 Å². The molecule has 0 saturated heterocycles. The van der Waals surface area contributed by atoms with Gasteiger partial charge in [0.1, 0.15) is 18.4 Å². The molecule has 1 aliphatic carbocycles. The van der Waals surface area contributed by atoms with Crippen LogP contribution < -0.4 is 9.62 Å². The van der Waals surface area contributed by atoms with E-state index in [1.807, 2.05) is 0 Å². The first-order valence-corrected chi connectivity index (χ1v) is 15.1. The van der Waals surface area contributed by atoms with Crippen molar-refractivity contribution in [1.82, 2.24) is 10.2 Å². The van der Waals surface area contributed by atoms with Gasteiger partial charge in [0, 0.05) is 23.2 Å². The lowest BCUT2D eigenvalue weighted by Crippen LogP contribution is -2.52. The molecule has 0 radical (unpaired) electrons. The first-order chi connectivity index (χ1) is 19.1. The van der Waals surface area contributed by atoms with E-state index in [-0.39, 0.29) is 34.6 Å². The Morgan fingerprint density at radius 3 is 2.33 bits per heavy atom. The van der Waals surface area contributed by atoms with Crippen molar-refractivity contribution in [2.24, 2.45) is 0 Å². The number of benzene rings is 3. The molecule has 0 spiro atoms. The molecule has 0 bridgehead atoms. The summed E-state index contributed by atoms with van der Waals surface area (Å²) in [5, 5.41) is 3.33. The largest absolute Gasteiger partial charge is 0.352 e. The van der Waals surface area contributed by atoms with Crippen LogP contribution in [0.4, 0.5) is 10.1 Å².